The highest BCUT2D eigenvalue weighted by Gasteiger charge is 2.16. The number of rotatable bonds is 7. The molecule has 0 amide bonds. The molecule has 1 N–H and O–H groups in total. The van der Waals surface area contributed by atoms with Crippen molar-refractivity contribution < 1.29 is 4.74 Å². The maximum atomic E-state index is 5.71. The molecule has 0 aliphatic carbocycles. The van der Waals surface area contributed by atoms with Crippen LogP contribution in [0.3, 0.4) is 0 Å². The first-order valence-corrected chi connectivity index (χ1v) is 8.06. The average molecular weight is 293 g/mol. The monoisotopic (exact) mass is 293 g/mol. The third-order valence-electron chi connectivity index (χ3n) is 3.50. The van der Waals surface area contributed by atoms with Gasteiger partial charge in [-0.1, -0.05) is 13.8 Å². The summed E-state index contributed by atoms with van der Waals surface area (Å²) in [5.74, 6) is 1.95. The minimum absolute atomic E-state index is 0.433. The summed E-state index contributed by atoms with van der Waals surface area (Å²) in [6.07, 6.45) is 4.69. The highest BCUT2D eigenvalue weighted by Crippen LogP contribution is 2.19. The zero-order valence-corrected chi connectivity index (χ0v) is 13.4. The SMILES string of the molecule is CCNc1nc(OCCC(C)C)nc(N2CCCCC2)n1. The van der Waals surface area contributed by atoms with Crippen LogP contribution < -0.4 is 15.0 Å². The maximum Gasteiger partial charge on any atom is 0.323 e. The van der Waals surface area contributed by atoms with Gasteiger partial charge in [-0.3, -0.25) is 0 Å². The number of nitrogens with one attached hydrogen (secondary N) is 1. The van der Waals surface area contributed by atoms with Gasteiger partial charge in [0, 0.05) is 19.6 Å². The summed E-state index contributed by atoms with van der Waals surface area (Å²) in [6, 6.07) is 0.433. The largest absolute Gasteiger partial charge is 0.463 e. The Morgan fingerprint density at radius 1 is 1.14 bits per heavy atom. The Balaban J connectivity index is 2.09. The molecule has 1 fully saturated rings. The minimum Gasteiger partial charge on any atom is -0.463 e. The third-order valence-corrected chi connectivity index (χ3v) is 3.50. The predicted octanol–water partition coefficient (Wildman–Crippen LogP) is 2.72. The normalized spacial score (nSPS) is 15.3. The van der Waals surface area contributed by atoms with E-state index in [2.05, 4.69) is 39.0 Å². The summed E-state index contributed by atoms with van der Waals surface area (Å²) < 4.78 is 5.71. The summed E-state index contributed by atoms with van der Waals surface area (Å²) in [5, 5.41) is 3.16. The van der Waals surface area contributed by atoms with Crippen LogP contribution in [-0.4, -0.2) is 41.2 Å². The third kappa shape index (κ3) is 5.02. The van der Waals surface area contributed by atoms with Gasteiger partial charge in [0.2, 0.25) is 11.9 Å². The van der Waals surface area contributed by atoms with Crippen molar-refractivity contribution in [2.45, 2.75) is 46.5 Å². The number of aromatic nitrogens is 3. The summed E-state index contributed by atoms with van der Waals surface area (Å²) in [4.78, 5) is 15.5. The minimum atomic E-state index is 0.433. The fraction of sp³-hybridized carbons (Fsp3) is 0.800. The number of hydrogen-bond acceptors (Lipinski definition) is 6. The Kier molecular flexibility index (Phi) is 6.02. The van der Waals surface area contributed by atoms with E-state index >= 15 is 0 Å². The second-order valence-corrected chi connectivity index (χ2v) is 5.85. The van der Waals surface area contributed by atoms with E-state index in [1.165, 1.54) is 19.3 Å². The van der Waals surface area contributed by atoms with Gasteiger partial charge in [-0.25, -0.2) is 0 Å². The molecule has 0 atom stereocenters. The van der Waals surface area contributed by atoms with E-state index in [-0.39, 0.29) is 0 Å². The fourth-order valence-electron chi connectivity index (χ4n) is 2.27. The molecule has 1 aromatic heterocycles. The lowest BCUT2D eigenvalue weighted by Gasteiger charge is -2.26. The summed E-state index contributed by atoms with van der Waals surface area (Å²) in [7, 11) is 0. The number of nitrogens with zero attached hydrogens (tertiary/aromatic N) is 4. The van der Waals surface area contributed by atoms with Crippen LogP contribution in [0.2, 0.25) is 0 Å². The van der Waals surface area contributed by atoms with E-state index in [0.29, 0.717) is 24.5 Å². The van der Waals surface area contributed by atoms with Crippen molar-refractivity contribution in [2.24, 2.45) is 5.92 Å². The molecule has 6 nitrogen and oxygen atoms in total. The lowest BCUT2D eigenvalue weighted by molar-refractivity contribution is 0.268. The molecule has 2 rings (SSSR count). The van der Waals surface area contributed by atoms with Gasteiger partial charge in [-0.2, -0.15) is 15.0 Å². The molecule has 0 aromatic carbocycles. The molecule has 0 bridgehead atoms. The maximum absolute atomic E-state index is 5.71. The van der Waals surface area contributed by atoms with E-state index in [0.717, 1.165) is 32.0 Å². The van der Waals surface area contributed by atoms with Crippen molar-refractivity contribution in [2.75, 3.05) is 36.5 Å². The quantitative estimate of drug-likeness (QED) is 0.834. The van der Waals surface area contributed by atoms with E-state index in [4.69, 9.17) is 4.74 Å². The van der Waals surface area contributed by atoms with Gasteiger partial charge >= 0.3 is 6.01 Å². The predicted molar refractivity (Wildman–Crippen MR) is 85.0 cm³/mol. The Hall–Kier alpha value is -1.59. The average Bonchev–Trinajstić information content (AvgIpc) is 2.48. The first-order chi connectivity index (χ1) is 10.2. The zero-order valence-electron chi connectivity index (χ0n) is 13.4. The van der Waals surface area contributed by atoms with Crippen molar-refractivity contribution in [3.63, 3.8) is 0 Å². The lowest BCUT2D eigenvalue weighted by Crippen LogP contribution is -2.31. The number of ether oxygens (including phenoxy) is 1. The van der Waals surface area contributed by atoms with Crippen molar-refractivity contribution in [1.29, 1.82) is 0 Å². The fourth-order valence-corrected chi connectivity index (χ4v) is 2.27. The molecule has 1 aliphatic rings. The molecule has 1 saturated heterocycles. The van der Waals surface area contributed by atoms with Gasteiger partial charge < -0.3 is 15.0 Å². The molecular formula is C15H27N5O. The van der Waals surface area contributed by atoms with Crippen LogP contribution in [0.4, 0.5) is 11.9 Å². The standard InChI is InChI=1S/C15H27N5O/c1-4-16-13-17-14(20-9-6-5-7-10-20)19-15(18-13)21-11-8-12(2)3/h12H,4-11H2,1-3H3,(H,16,17,18,19). The van der Waals surface area contributed by atoms with Crippen molar-refractivity contribution >= 4 is 11.9 Å². The second kappa shape index (κ2) is 8.00. The smallest absolute Gasteiger partial charge is 0.323 e. The molecule has 0 spiro atoms. The molecule has 1 aliphatic heterocycles. The van der Waals surface area contributed by atoms with Crippen LogP contribution in [0.25, 0.3) is 0 Å². The van der Waals surface area contributed by atoms with E-state index in [1.54, 1.807) is 0 Å². The van der Waals surface area contributed by atoms with Crippen LogP contribution >= 0.6 is 0 Å². The molecule has 0 radical (unpaired) electrons. The van der Waals surface area contributed by atoms with Crippen LogP contribution in [0.5, 0.6) is 6.01 Å². The Morgan fingerprint density at radius 2 is 1.90 bits per heavy atom. The Morgan fingerprint density at radius 3 is 2.57 bits per heavy atom. The zero-order chi connectivity index (χ0) is 15.1. The summed E-state index contributed by atoms with van der Waals surface area (Å²) in [6.45, 7) is 9.85. The van der Waals surface area contributed by atoms with E-state index in [9.17, 15) is 0 Å². The Labute approximate surface area is 127 Å². The lowest BCUT2D eigenvalue weighted by atomic mass is 10.1. The van der Waals surface area contributed by atoms with Gasteiger partial charge in [0.25, 0.3) is 0 Å². The molecule has 118 valence electrons. The first kappa shape index (κ1) is 15.8. The van der Waals surface area contributed by atoms with Crippen molar-refractivity contribution in [3.8, 4) is 6.01 Å². The van der Waals surface area contributed by atoms with Gasteiger partial charge in [-0.15, -0.1) is 0 Å². The van der Waals surface area contributed by atoms with Crippen LogP contribution in [0.15, 0.2) is 0 Å². The van der Waals surface area contributed by atoms with Crippen molar-refractivity contribution in [1.82, 2.24) is 15.0 Å². The summed E-state index contributed by atoms with van der Waals surface area (Å²) in [5.41, 5.74) is 0. The van der Waals surface area contributed by atoms with E-state index < -0.39 is 0 Å². The van der Waals surface area contributed by atoms with Crippen LogP contribution in [0, 0.1) is 5.92 Å². The molecule has 1 aromatic rings. The van der Waals surface area contributed by atoms with Crippen molar-refractivity contribution in [3.05, 3.63) is 0 Å². The number of hydrogen-bond donors (Lipinski definition) is 1. The first-order valence-electron chi connectivity index (χ1n) is 8.06. The van der Waals surface area contributed by atoms with Crippen LogP contribution in [0.1, 0.15) is 46.5 Å². The van der Waals surface area contributed by atoms with Crippen LogP contribution in [-0.2, 0) is 0 Å². The van der Waals surface area contributed by atoms with Gasteiger partial charge in [0.1, 0.15) is 0 Å². The molecule has 21 heavy (non-hydrogen) atoms. The van der Waals surface area contributed by atoms with E-state index in [1.807, 2.05) is 6.92 Å². The topological polar surface area (TPSA) is 63.2 Å². The molecular weight excluding hydrogens is 266 g/mol. The molecule has 6 heteroatoms. The number of piperidine rings is 1. The second-order valence-electron chi connectivity index (χ2n) is 5.85. The van der Waals surface area contributed by atoms with Gasteiger partial charge in [0.15, 0.2) is 0 Å². The Bertz CT molecular complexity index is 432. The molecule has 2 heterocycles. The summed E-state index contributed by atoms with van der Waals surface area (Å²) >= 11 is 0. The molecule has 0 unspecified atom stereocenters. The molecule has 0 saturated carbocycles. The van der Waals surface area contributed by atoms with Gasteiger partial charge in [0.05, 0.1) is 6.61 Å². The highest BCUT2D eigenvalue weighted by atomic mass is 16.5. The van der Waals surface area contributed by atoms with Gasteiger partial charge in [-0.05, 0) is 38.5 Å². The number of anilines is 2. The highest BCUT2D eigenvalue weighted by molar-refractivity contribution is 5.38.